The molecule has 0 bridgehead atoms. The first-order valence-corrected chi connectivity index (χ1v) is 3.06. The molecule has 0 spiro atoms. The van der Waals surface area contributed by atoms with Crippen LogP contribution in [-0.4, -0.2) is 5.91 Å². The SMILES string of the molecule is NC(=O)[C@@H]1CC#CCC1. The van der Waals surface area contributed by atoms with Crippen LogP contribution in [0.5, 0.6) is 0 Å². The number of primary amides is 1. The molecule has 0 fully saturated rings. The number of amides is 1. The third-order valence-corrected chi connectivity index (χ3v) is 1.49. The third kappa shape index (κ3) is 1.46. The third-order valence-electron chi connectivity index (χ3n) is 1.49. The Balaban J connectivity index is 2.48. The van der Waals surface area contributed by atoms with Crippen LogP contribution in [-0.2, 0) is 4.79 Å². The van der Waals surface area contributed by atoms with E-state index in [1.165, 1.54) is 0 Å². The van der Waals surface area contributed by atoms with Gasteiger partial charge in [-0.05, 0) is 6.42 Å². The summed E-state index contributed by atoms with van der Waals surface area (Å²) in [5.74, 6) is 5.59. The molecule has 1 aliphatic rings. The molecule has 2 nitrogen and oxygen atoms in total. The summed E-state index contributed by atoms with van der Waals surface area (Å²) >= 11 is 0. The lowest BCUT2D eigenvalue weighted by Gasteiger charge is -2.09. The first kappa shape index (κ1) is 6.15. The Bertz CT molecular complexity index is 175. The highest BCUT2D eigenvalue weighted by Gasteiger charge is 2.14. The summed E-state index contributed by atoms with van der Waals surface area (Å²) in [6.07, 6.45) is 2.34. The van der Waals surface area contributed by atoms with Gasteiger partial charge >= 0.3 is 0 Å². The van der Waals surface area contributed by atoms with Crippen LogP contribution >= 0.6 is 0 Å². The fourth-order valence-electron chi connectivity index (χ4n) is 0.875. The van der Waals surface area contributed by atoms with E-state index in [0.717, 1.165) is 12.8 Å². The molecule has 0 unspecified atom stereocenters. The second-order valence-corrected chi connectivity index (χ2v) is 2.20. The summed E-state index contributed by atoms with van der Waals surface area (Å²) in [7, 11) is 0. The molecule has 0 saturated carbocycles. The van der Waals surface area contributed by atoms with Gasteiger partial charge in [-0.2, -0.15) is 0 Å². The van der Waals surface area contributed by atoms with E-state index < -0.39 is 0 Å². The van der Waals surface area contributed by atoms with Crippen molar-refractivity contribution in [3.8, 4) is 11.8 Å². The van der Waals surface area contributed by atoms with Crippen LogP contribution in [0.3, 0.4) is 0 Å². The first-order chi connectivity index (χ1) is 4.30. The van der Waals surface area contributed by atoms with Gasteiger partial charge < -0.3 is 5.73 Å². The van der Waals surface area contributed by atoms with E-state index in [1.54, 1.807) is 0 Å². The molecule has 1 amide bonds. The van der Waals surface area contributed by atoms with Gasteiger partial charge in [-0.1, -0.05) is 0 Å². The molecule has 0 aromatic carbocycles. The standard InChI is InChI=1S/C7H9NO/c8-7(9)6-4-2-1-3-5-6/h6H,2,4-5H2,(H2,8,9)/t6-/m0/s1. The van der Waals surface area contributed by atoms with Gasteiger partial charge in [-0.3, -0.25) is 4.79 Å². The van der Waals surface area contributed by atoms with Gasteiger partial charge in [0.2, 0.25) is 5.91 Å². The van der Waals surface area contributed by atoms with Gasteiger partial charge in [0.1, 0.15) is 0 Å². The Morgan fingerprint density at radius 2 is 2.33 bits per heavy atom. The van der Waals surface area contributed by atoms with Crippen molar-refractivity contribution >= 4 is 5.91 Å². The van der Waals surface area contributed by atoms with Gasteiger partial charge in [0.15, 0.2) is 0 Å². The van der Waals surface area contributed by atoms with Crippen LogP contribution in [0.15, 0.2) is 0 Å². The fraction of sp³-hybridized carbons (Fsp3) is 0.571. The molecule has 0 saturated heterocycles. The average Bonchev–Trinajstić information content (AvgIpc) is 1.90. The highest BCUT2D eigenvalue weighted by molar-refractivity contribution is 5.77. The van der Waals surface area contributed by atoms with Gasteiger partial charge in [-0.25, -0.2) is 0 Å². The summed E-state index contributed by atoms with van der Waals surface area (Å²) in [5, 5.41) is 0. The van der Waals surface area contributed by atoms with E-state index in [-0.39, 0.29) is 11.8 Å². The lowest BCUT2D eigenvalue weighted by atomic mass is 9.96. The van der Waals surface area contributed by atoms with Crippen molar-refractivity contribution in [2.45, 2.75) is 19.3 Å². The zero-order valence-corrected chi connectivity index (χ0v) is 5.18. The molecular formula is C7H9NO. The van der Waals surface area contributed by atoms with E-state index in [4.69, 9.17) is 5.73 Å². The van der Waals surface area contributed by atoms with Crippen LogP contribution in [0, 0.1) is 17.8 Å². The molecule has 0 aromatic heterocycles. The molecule has 0 radical (unpaired) electrons. The van der Waals surface area contributed by atoms with Gasteiger partial charge in [0.05, 0.1) is 0 Å². The number of hydrogen-bond donors (Lipinski definition) is 1. The monoisotopic (exact) mass is 123 g/mol. The van der Waals surface area contributed by atoms with E-state index in [0.29, 0.717) is 6.42 Å². The Hall–Kier alpha value is -0.970. The zero-order chi connectivity index (χ0) is 6.69. The minimum Gasteiger partial charge on any atom is -0.369 e. The maximum atomic E-state index is 10.5. The van der Waals surface area contributed by atoms with Crippen molar-refractivity contribution in [3.63, 3.8) is 0 Å². The fourth-order valence-corrected chi connectivity index (χ4v) is 0.875. The minimum atomic E-state index is -0.205. The van der Waals surface area contributed by atoms with E-state index in [9.17, 15) is 4.79 Å². The van der Waals surface area contributed by atoms with Gasteiger partial charge in [-0.15, -0.1) is 11.8 Å². The lowest BCUT2D eigenvalue weighted by molar-refractivity contribution is -0.121. The van der Waals surface area contributed by atoms with Gasteiger partial charge in [0.25, 0.3) is 0 Å². The van der Waals surface area contributed by atoms with Crippen molar-refractivity contribution < 1.29 is 4.79 Å². The molecule has 48 valence electrons. The zero-order valence-electron chi connectivity index (χ0n) is 5.18. The molecule has 1 aliphatic carbocycles. The predicted octanol–water partition coefficient (Wildman–Crippen LogP) is 0.275. The Labute approximate surface area is 54.4 Å². The summed E-state index contributed by atoms with van der Waals surface area (Å²) in [6.45, 7) is 0. The Morgan fingerprint density at radius 3 is 2.67 bits per heavy atom. The molecule has 1 rings (SSSR count). The largest absolute Gasteiger partial charge is 0.369 e. The van der Waals surface area contributed by atoms with Crippen LogP contribution in [0.4, 0.5) is 0 Å². The topological polar surface area (TPSA) is 43.1 Å². The molecule has 0 aliphatic heterocycles. The number of hydrogen-bond acceptors (Lipinski definition) is 1. The maximum absolute atomic E-state index is 10.5. The highest BCUT2D eigenvalue weighted by Crippen LogP contribution is 2.12. The molecule has 2 heteroatoms. The normalized spacial score (nSPS) is 24.2. The molecular weight excluding hydrogens is 114 g/mol. The smallest absolute Gasteiger partial charge is 0.221 e. The molecule has 0 aromatic rings. The molecule has 2 N–H and O–H groups in total. The number of carbonyl (C=O) groups excluding carboxylic acids is 1. The van der Waals surface area contributed by atoms with Crippen molar-refractivity contribution in [1.29, 1.82) is 0 Å². The quantitative estimate of drug-likeness (QED) is 0.500. The second-order valence-electron chi connectivity index (χ2n) is 2.20. The summed E-state index contributed by atoms with van der Waals surface area (Å²) in [6, 6.07) is 0. The first-order valence-electron chi connectivity index (χ1n) is 3.06. The number of carbonyl (C=O) groups is 1. The highest BCUT2D eigenvalue weighted by atomic mass is 16.1. The predicted molar refractivity (Wildman–Crippen MR) is 34.3 cm³/mol. The minimum absolute atomic E-state index is 0.0197. The Kier molecular flexibility index (Phi) is 1.74. The van der Waals surface area contributed by atoms with Crippen LogP contribution in [0.25, 0.3) is 0 Å². The number of rotatable bonds is 1. The van der Waals surface area contributed by atoms with Crippen molar-refractivity contribution in [3.05, 3.63) is 0 Å². The van der Waals surface area contributed by atoms with E-state index in [1.807, 2.05) is 0 Å². The van der Waals surface area contributed by atoms with Crippen molar-refractivity contribution in [1.82, 2.24) is 0 Å². The maximum Gasteiger partial charge on any atom is 0.221 e. The van der Waals surface area contributed by atoms with Crippen LogP contribution in [0.1, 0.15) is 19.3 Å². The number of nitrogens with two attached hydrogens (primary N) is 1. The van der Waals surface area contributed by atoms with Crippen LogP contribution < -0.4 is 5.73 Å². The summed E-state index contributed by atoms with van der Waals surface area (Å²) in [4.78, 5) is 10.5. The Morgan fingerprint density at radius 1 is 1.56 bits per heavy atom. The molecule has 0 heterocycles. The van der Waals surface area contributed by atoms with Gasteiger partial charge in [0, 0.05) is 18.8 Å². The second kappa shape index (κ2) is 2.54. The van der Waals surface area contributed by atoms with Crippen molar-refractivity contribution in [2.24, 2.45) is 11.7 Å². The summed E-state index contributed by atoms with van der Waals surface area (Å²) in [5.41, 5.74) is 5.06. The van der Waals surface area contributed by atoms with E-state index in [2.05, 4.69) is 11.8 Å². The lowest BCUT2D eigenvalue weighted by Crippen LogP contribution is -2.23. The average molecular weight is 123 g/mol. The molecule has 9 heavy (non-hydrogen) atoms. The van der Waals surface area contributed by atoms with Crippen LogP contribution in [0.2, 0.25) is 0 Å². The van der Waals surface area contributed by atoms with Crippen molar-refractivity contribution in [2.75, 3.05) is 0 Å². The summed E-state index contributed by atoms with van der Waals surface area (Å²) < 4.78 is 0. The molecule has 1 atom stereocenters. The van der Waals surface area contributed by atoms with E-state index >= 15 is 0 Å².